The quantitative estimate of drug-likeness (QED) is 0.693. The fourth-order valence-electron chi connectivity index (χ4n) is 2.82. The van der Waals surface area contributed by atoms with Gasteiger partial charge in [0.1, 0.15) is 6.20 Å². The van der Waals surface area contributed by atoms with Gasteiger partial charge in [-0.15, -0.1) is 0 Å². The maximum Gasteiger partial charge on any atom is 0.382 e. The van der Waals surface area contributed by atoms with E-state index < -0.39 is 7.60 Å². The molecule has 1 heterocycles. The summed E-state index contributed by atoms with van der Waals surface area (Å²) in [4.78, 5) is 13.7. The van der Waals surface area contributed by atoms with Crippen LogP contribution >= 0.6 is 7.60 Å². The molecule has 6 nitrogen and oxygen atoms in total. The highest BCUT2D eigenvalue weighted by molar-refractivity contribution is 7.58. The van der Waals surface area contributed by atoms with Crippen LogP contribution in [-0.4, -0.2) is 32.2 Å². The Labute approximate surface area is 149 Å². The minimum atomic E-state index is -3.56. The van der Waals surface area contributed by atoms with E-state index in [1.54, 1.807) is 38.1 Å². The van der Waals surface area contributed by atoms with Crippen molar-refractivity contribution in [2.75, 3.05) is 26.3 Å². The number of rotatable bonds is 8. The lowest BCUT2D eigenvalue weighted by atomic mass is 10.1. The Hall–Kier alpha value is -1.46. The zero-order valence-electron chi connectivity index (χ0n) is 15.0. The van der Waals surface area contributed by atoms with Gasteiger partial charge in [0.2, 0.25) is 0 Å². The van der Waals surface area contributed by atoms with E-state index in [0.717, 1.165) is 25.9 Å². The van der Waals surface area contributed by atoms with E-state index in [2.05, 4.69) is 5.32 Å². The second-order valence-corrected chi connectivity index (χ2v) is 7.89. The first-order valence-electron chi connectivity index (χ1n) is 8.91. The average Bonchev–Trinajstić information content (AvgIpc) is 2.63. The number of piperidine rings is 1. The van der Waals surface area contributed by atoms with Gasteiger partial charge in [0, 0.05) is 5.56 Å². The molecule has 1 amide bonds. The SMILES string of the molecule is CCOP(=O)(OCC)C(=C[NH+]1CCCCC1)NC(=O)c1ccccc1. The van der Waals surface area contributed by atoms with Gasteiger partial charge in [0.15, 0.2) is 5.44 Å². The van der Waals surface area contributed by atoms with E-state index >= 15 is 0 Å². The van der Waals surface area contributed by atoms with E-state index in [0.29, 0.717) is 5.56 Å². The Balaban J connectivity index is 2.28. The molecule has 0 aromatic heterocycles. The molecule has 0 saturated carbocycles. The molecular weight excluding hydrogens is 339 g/mol. The summed E-state index contributed by atoms with van der Waals surface area (Å²) in [5.74, 6) is -0.317. The van der Waals surface area contributed by atoms with Crippen LogP contribution in [0.2, 0.25) is 0 Å². The predicted molar refractivity (Wildman–Crippen MR) is 97.4 cm³/mol. The summed E-state index contributed by atoms with van der Waals surface area (Å²) in [5, 5.41) is 2.78. The maximum absolute atomic E-state index is 13.2. The van der Waals surface area contributed by atoms with Crippen molar-refractivity contribution in [2.24, 2.45) is 0 Å². The van der Waals surface area contributed by atoms with E-state index in [1.165, 1.54) is 11.3 Å². The van der Waals surface area contributed by atoms with Crippen LogP contribution in [0.4, 0.5) is 0 Å². The number of carbonyl (C=O) groups is 1. The van der Waals surface area contributed by atoms with Gasteiger partial charge in [-0.3, -0.25) is 9.36 Å². The molecule has 7 heteroatoms. The van der Waals surface area contributed by atoms with E-state index in [1.807, 2.05) is 12.3 Å². The summed E-state index contributed by atoms with van der Waals surface area (Å²) >= 11 is 0. The van der Waals surface area contributed by atoms with Crippen LogP contribution in [0.25, 0.3) is 0 Å². The minimum Gasteiger partial charge on any atom is -0.311 e. The van der Waals surface area contributed by atoms with Gasteiger partial charge in [0.05, 0.1) is 26.3 Å². The molecule has 0 radical (unpaired) electrons. The number of likely N-dealkylation sites (tertiary alicyclic amines) is 1. The van der Waals surface area contributed by atoms with Gasteiger partial charge in [-0.1, -0.05) is 18.2 Å². The highest BCUT2D eigenvalue weighted by atomic mass is 31.2. The monoisotopic (exact) mass is 367 g/mol. The molecule has 1 saturated heterocycles. The Morgan fingerprint density at radius 2 is 1.72 bits per heavy atom. The standard InChI is InChI=1S/C18H27N2O4P/c1-3-23-25(22,24-4-2)17(15-20-13-9-6-10-14-20)19-18(21)16-11-7-5-8-12-16/h5,7-8,11-12,15H,3-4,6,9-10,13-14H2,1-2H3,(H,19,21)/p+1. The second-order valence-electron chi connectivity index (χ2n) is 5.90. The van der Waals surface area contributed by atoms with Crippen molar-refractivity contribution in [2.45, 2.75) is 33.1 Å². The summed E-state index contributed by atoms with van der Waals surface area (Å²) in [6, 6.07) is 8.86. The molecule has 0 unspecified atom stereocenters. The van der Waals surface area contributed by atoms with Crippen molar-refractivity contribution in [3.05, 3.63) is 47.5 Å². The summed E-state index contributed by atoms with van der Waals surface area (Å²) in [6.45, 7) is 5.90. The van der Waals surface area contributed by atoms with Crippen LogP contribution in [-0.2, 0) is 13.6 Å². The van der Waals surface area contributed by atoms with Gasteiger partial charge in [-0.05, 0) is 45.2 Å². The Morgan fingerprint density at radius 3 is 2.28 bits per heavy atom. The molecule has 1 fully saturated rings. The summed E-state index contributed by atoms with van der Waals surface area (Å²) in [6.07, 6.45) is 5.24. The van der Waals surface area contributed by atoms with Crippen LogP contribution in [0.1, 0.15) is 43.5 Å². The van der Waals surface area contributed by atoms with Crippen LogP contribution in [0.15, 0.2) is 42.0 Å². The molecule has 1 aliphatic rings. The summed E-state index contributed by atoms with van der Waals surface area (Å²) in [5.41, 5.74) is 0.739. The van der Waals surface area contributed by atoms with Crippen LogP contribution in [0.5, 0.6) is 0 Å². The number of quaternary nitrogens is 1. The molecule has 1 aromatic rings. The van der Waals surface area contributed by atoms with Crippen LogP contribution < -0.4 is 10.2 Å². The van der Waals surface area contributed by atoms with Crippen molar-refractivity contribution in [1.82, 2.24) is 5.32 Å². The van der Waals surface area contributed by atoms with Crippen LogP contribution in [0.3, 0.4) is 0 Å². The van der Waals surface area contributed by atoms with Crippen LogP contribution in [0, 0.1) is 0 Å². The molecule has 138 valence electrons. The number of carbonyl (C=O) groups excluding carboxylic acids is 1. The molecule has 25 heavy (non-hydrogen) atoms. The predicted octanol–water partition coefficient (Wildman–Crippen LogP) is 2.55. The van der Waals surface area contributed by atoms with Crippen molar-refractivity contribution in [3.63, 3.8) is 0 Å². The third kappa shape index (κ3) is 5.79. The molecule has 0 aliphatic carbocycles. The zero-order chi connectivity index (χ0) is 18.1. The number of hydrogen-bond donors (Lipinski definition) is 2. The third-order valence-corrected chi connectivity index (χ3v) is 6.03. The summed E-state index contributed by atoms with van der Waals surface area (Å²) in [7, 11) is -3.56. The lowest BCUT2D eigenvalue weighted by Crippen LogP contribution is -3.08. The van der Waals surface area contributed by atoms with E-state index in [9.17, 15) is 9.36 Å². The first-order chi connectivity index (χ1) is 12.1. The normalized spacial score (nSPS) is 16.6. The Morgan fingerprint density at radius 1 is 1.12 bits per heavy atom. The average molecular weight is 367 g/mol. The number of benzene rings is 1. The smallest absolute Gasteiger partial charge is 0.311 e. The zero-order valence-corrected chi connectivity index (χ0v) is 15.9. The fraction of sp³-hybridized carbons (Fsp3) is 0.500. The van der Waals surface area contributed by atoms with Gasteiger partial charge in [-0.2, -0.15) is 0 Å². The van der Waals surface area contributed by atoms with E-state index in [4.69, 9.17) is 9.05 Å². The first-order valence-corrected chi connectivity index (χ1v) is 10.5. The minimum absolute atomic E-state index is 0.238. The summed E-state index contributed by atoms with van der Waals surface area (Å²) < 4.78 is 24.1. The van der Waals surface area contributed by atoms with Crippen molar-refractivity contribution < 1.29 is 23.3 Å². The molecule has 1 aliphatic heterocycles. The Bertz CT molecular complexity index is 617. The largest absolute Gasteiger partial charge is 0.382 e. The lowest BCUT2D eigenvalue weighted by Gasteiger charge is -2.24. The molecule has 0 atom stereocenters. The van der Waals surface area contributed by atoms with Crippen molar-refractivity contribution >= 4 is 13.5 Å². The molecule has 0 spiro atoms. The molecule has 1 aromatic carbocycles. The molecule has 0 bridgehead atoms. The topological polar surface area (TPSA) is 69.1 Å². The van der Waals surface area contributed by atoms with E-state index in [-0.39, 0.29) is 24.6 Å². The van der Waals surface area contributed by atoms with Crippen molar-refractivity contribution in [1.29, 1.82) is 0 Å². The maximum atomic E-state index is 13.2. The first kappa shape index (κ1) is 19.9. The van der Waals surface area contributed by atoms with Gasteiger partial charge in [-0.25, -0.2) is 0 Å². The Kier molecular flexibility index (Phi) is 7.85. The highest BCUT2D eigenvalue weighted by Crippen LogP contribution is 2.54. The third-order valence-electron chi connectivity index (χ3n) is 4.01. The van der Waals surface area contributed by atoms with Gasteiger partial charge >= 0.3 is 7.60 Å². The van der Waals surface area contributed by atoms with Gasteiger partial charge < -0.3 is 19.3 Å². The molecular formula is C18H28N2O4P+. The van der Waals surface area contributed by atoms with Gasteiger partial charge in [0.25, 0.3) is 5.91 Å². The van der Waals surface area contributed by atoms with Crippen molar-refractivity contribution in [3.8, 4) is 0 Å². The molecule has 2 rings (SSSR count). The number of hydrogen-bond acceptors (Lipinski definition) is 4. The highest BCUT2D eigenvalue weighted by Gasteiger charge is 2.34. The fourth-order valence-corrected chi connectivity index (χ4v) is 4.43. The number of nitrogens with one attached hydrogen (secondary N) is 2. The lowest BCUT2D eigenvalue weighted by molar-refractivity contribution is -0.852. The second kappa shape index (κ2) is 9.88. The number of amides is 1. The molecule has 2 N–H and O–H groups in total.